The third kappa shape index (κ3) is 3.15. The van der Waals surface area contributed by atoms with Gasteiger partial charge in [0, 0.05) is 18.1 Å². The summed E-state index contributed by atoms with van der Waals surface area (Å²) in [6.07, 6.45) is 3.24. The monoisotopic (exact) mass is 277 g/mol. The third-order valence-electron chi connectivity index (χ3n) is 2.92. The zero-order valence-corrected chi connectivity index (χ0v) is 12.0. The highest BCUT2D eigenvalue weighted by molar-refractivity contribution is 6.28. The van der Waals surface area contributed by atoms with Crippen LogP contribution in [0.4, 0.5) is 5.69 Å². The predicted molar refractivity (Wildman–Crippen MR) is 76.5 cm³/mol. The topological polar surface area (TPSA) is 46.9 Å². The summed E-state index contributed by atoms with van der Waals surface area (Å²) in [7, 11) is 0. The summed E-state index contributed by atoms with van der Waals surface area (Å²) in [6.45, 7) is 6.17. The van der Waals surface area contributed by atoms with Gasteiger partial charge in [0.1, 0.15) is 6.54 Å². The van der Waals surface area contributed by atoms with Gasteiger partial charge >= 0.3 is 0 Å². The summed E-state index contributed by atoms with van der Waals surface area (Å²) in [5, 5.41) is 3.24. The predicted octanol–water partition coefficient (Wildman–Crippen LogP) is 3.10. The number of amides is 1. The molecule has 0 aliphatic rings. The van der Waals surface area contributed by atoms with Crippen molar-refractivity contribution in [2.24, 2.45) is 0 Å². The Balaban J connectivity index is 2.14. The zero-order chi connectivity index (χ0) is 14.0. The Hall–Kier alpha value is -1.81. The summed E-state index contributed by atoms with van der Waals surface area (Å²) < 4.78 is 1.59. The Morgan fingerprint density at radius 2 is 1.95 bits per heavy atom. The molecule has 0 saturated heterocycles. The second kappa shape index (κ2) is 5.45. The molecule has 1 aromatic heterocycles. The number of imidazole rings is 1. The first-order chi connectivity index (χ1) is 8.97. The molecule has 2 aromatic rings. The first-order valence-corrected chi connectivity index (χ1v) is 6.39. The van der Waals surface area contributed by atoms with Gasteiger partial charge in [-0.2, -0.15) is 0 Å². The van der Waals surface area contributed by atoms with Crippen molar-refractivity contribution in [3.05, 3.63) is 46.5 Å². The van der Waals surface area contributed by atoms with E-state index in [2.05, 4.69) is 10.3 Å². The van der Waals surface area contributed by atoms with Crippen molar-refractivity contribution in [2.45, 2.75) is 27.3 Å². The SMILES string of the molecule is Cc1cc(C)c(NC(=O)Cn2ccnc2Cl)c(C)c1. The number of nitrogens with zero attached hydrogens (tertiary/aromatic N) is 2. The van der Waals surface area contributed by atoms with Gasteiger partial charge in [0.2, 0.25) is 11.2 Å². The van der Waals surface area contributed by atoms with Gasteiger partial charge < -0.3 is 9.88 Å². The number of carbonyl (C=O) groups excluding carboxylic acids is 1. The van der Waals surface area contributed by atoms with Crippen LogP contribution in [0.2, 0.25) is 5.28 Å². The van der Waals surface area contributed by atoms with Crippen molar-refractivity contribution in [3.63, 3.8) is 0 Å². The van der Waals surface area contributed by atoms with E-state index in [1.165, 1.54) is 5.56 Å². The number of aryl methyl sites for hydroxylation is 3. The van der Waals surface area contributed by atoms with Crippen molar-refractivity contribution in [1.82, 2.24) is 9.55 Å². The largest absolute Gasteiger partial charge is 0.324 e. The lowest BCUT2D eigenvalue weighted by atomic mass is 10.1. The average molecular weight is 278 g/mol. The molecule has 2 rings (SSSR count). The van der Waals surface area contributed by atoms with Crippen LogP contribution >= 0.6 is 11.6 Å². The number of hydrogen-bond donors (Lipinski definition) is 1. The molecule has 1 aromatic carbocycles. The molecule has 0 bridgehead atoms. The number of nitrogens with one attached hydrogen (secondary N) is 1. The van der Waals surface area contributed by atoms with Crippen LogP contribution < -0.4 is 5.32 Å². The second-order valence-corrected chi connectivity index (χ2v) is 4.98. The van der Waals surface area contributed by atoms with E-state index in [-0.39, 0.29) is 12.5 Å². The van der Waals surface area contributed by atoms with Crippen molar-refractivity contribution in [2.75, 3.05) is 5.32 Å². The first-order valence-electron chi connectivity index (χ1n) is 6.01. The van der Waals surface area contributed by atoms with Crippen LogP contribution in [0.5, 0.6) is 0 Å². The van der Waals surface area contributed by atoms with Crippen molar-refractivity contribution in [3.8, 4) is 0 Å². The Morgan fingerprint density at radius 3 is 2.47 bits per heavy atom. The van der Waals surface area contributed by atoms with Gasteiger partial charge in [-0.05, 0) is 43.5 Å². The van der Waals surface area contributed by atoms with Crippen molar-refractivity contribution >= 4 is 23.2 Å². The Kier molecular flexibility index (Phi) is 3.90. The van der Waals surface area contributed by atoms with Crippen LogP contribution in [0.25, 0.3) is 0 Å². The second-order valence-electron chi connectivity index (χ2n) is 4.65. The molecule has 1 amide bonds. The standard InChI is InChI=1S/C14H16ClN3O/c1-9-6-10(2)13(11(3)7-9)17-12(19)8-18-5-4-16-14(18)15/h4-7H,8H2,1-3H3,(H,17,19). The third-order valence-corrected chi connectivity index (χ3v) is 3.23. The first kappa shape index (κ1) is 13.6. The summed E-state index contributed by atoms with van der Waals surface area (Å²) in [5.74, 6) is -0.116. The summed E-state index contributed by atoms with van der Waals surface area (Å²) >= 11 is 5.84. The van der Waals surface area contributed by atoms with Gasteiger partial charge in [0.15, 0.2) is 0 Å². The maximum absolute atomic E-state index is 12.0. The van der Waals surface area contributed by atoms with Gasteiger partial charge in [-0.25, -0.2) is 4.98 Å². The molecule has 0 fully saturated rings. The molecule has 4 nitrogen and oxygen atoms in total. The molecular weight excluding hydrogens is 262 g/mol. The van der Waals surface area contributed by atoms with Crippen LogP contribution in [0.15, 0.2) is 24.5 Å². The van der Waals surface area contributed by atoms with Crippen LogP contribution in [-0.2, 0) is 11.3 Å². The Labute approximate surface area is 117 Å². The quantitative estimate of drug-likeness (QED) is 0.937. The Morgan fingerprint density at radius 1 is 1.32 bits per heavy atom. The average Bonchev–Trinajstić information content (AvgIpc) is 2.69. The molecule has 0 spiro atoms. The van der Waals surface area contributed by atoms with E-state index in [0.29, 0.717) is 5.28 Å². The molecule has 1 N–H and O–H groups in total. The van der Waals surface area contributed by atoms with Gasteiger partial charge in [0.25, 0.3) is 0 Å². The molecule has 0 atom stereocenters. The number of anilines is 1. The van der Waals surface area contributed by atoms with Crippen LogP contribution in [0, 0.1) is 20.8 Å². The fraction of sp³-hybridized carbons (Fsp3) is 0.286. The maximum atomic E-state index is 12.0. The van der Waals surface area contributed by atoms with Gasteiger partial charge in [-0.1, -0.05) is 17.7 Å². The lowest BCUT2D eigenvalue weighted by Gasteiger charge is -2.13. The highest BCUT2D eigenvalue weighted by Crippen LogP contribution is 2.22. The van der Waals surface area contributed by atoms with Gasteiger partial charge in [-0.15, -0.1) is 0 Å². The smallest absolute Gasteiger partial charge is 0.244 e. The van der Waals surface area contributed by atoms with Gasteiger partial charge in [-0.3, -0.25) is 4.79 Å². The number of halogens is 1. The number of carbonyl (C=O) groups is 1. The molecule has 1 heterocycles. The molecule has 0 aliphatic carbocycles. The minimum atomic E-state index is -0.116. The molecule has 5 heteroatoms. The summed E-state index contributed by atoms with van der Waals surface area (Å²) in [5.41, 5.74) is 4.17. The number of benzene rings is 1. The van der Waals surface area contributed by atoms with Crippen LogP contribution in [-0.4, -0.2) is 15.5 Å². The molecule has 100 valence electrons. The molecule has 19 heavy (non-hydrogen) atoms. The van der Waals surface area contributed by atoms with Crippen molar-refractivity contribution < 1.29 is 4.79 Å². The van der Waals surface area contributed by atoms with Crippen LogP contribution in [0.1, 0.15) is 16.7 Å². The van der Waals surface area contributed by atoms with E-state index in [0.717, 1.165) is 16.8 Å². The summed E-state index contributed by atoms with van der Waals surface area (Å²) in [4.78, 5) is 15.9. The normalized spacial score (nSPS) is 10.5. The van der Waals surface area contributed by atoms with E-state index in [1.807, 2.05) is 32.9 Å². The lowest BCUT2D eigenvalue weighted by molar-refractivity contribution is -0.116. The summed E-state index contributed by atoms with van der Waals surface area (Å²) in [6, 6.07) is 4.10. The Bertz CT molecular complexity index is 596. The lowest BCUT2D eigenvalue weighted by Crippen LogP contribution is -2.19. The van der Waals surface area contributed by atoms with Crippen molar-refractivity contribution in [1.29, 1.82) is 0 Å². The van der Waals surface area contributed by atoms with E-state index in [4.69, 9.17) is 11.6 Å². The fourth-order valence-electron chi connectivity index (χ4n) is 2.14. The molecule has 0 unspecified atom stereocenters. The van der Waals surface area contributed by atoms with E-state index in [9.17, 15) is 4.79 Å². The van der Waals surface area contributed by atoms with E-state index < -0.39 is 0 Å². The van der Waals surface area contributed by atoms with E-state index in [1.54, 1.807) is 17.0 Å². The molecule has 0 radical (unpaired) electrons. The van der Waals surface area contributed by atoms with E-state index >= 15 is 0 Å². The highest BCUT2D eigenvalue weighted by atomic mass is 35.5. The zero-order valence-electron chi connectivity index (χ0n) is 11.2. The minimum absolute atomic E-state index is 0.116. The number of hydrogen-bond acceptors (Lipinski definition) is 2. The fourth-order valence-corrected chi connectivity index (χ4v) is 2.31. The number of rotatable bonds is 3. The molecule has 0 aliphatic heterocycles. The highest BCUT2D eigenvalue weighted by Gasteiger charge is 2.10. The maximum Gasteiger partial charge on any atom is 0.244 e. The molecular formula is C14H16ClN3O. The minimum Gasteiger partial charge on any atom is -0.324 e. The number of aromatic nitrogens is 2. The van der Waals surface area contributed by atoms with Crippen LogP contribution in [0.3, 0.4) is 0 Å². The van der Waals surface area contributed by atoms with Gasteiger partial charge in [0.05, 0.1) is 0 Å². The molecule has 0 saturated carbocycles.